The molecule has 0 bridgehead atoms. The predicted molar refractivity (Wildman–Crippen MR) is 54.4 cm³/mol. The first-order valence-electron chi connectivity index (χ1n) is 4.32. The third-order valence-corrected chi connectivity index (χ3v) is 1.84. The van der Waals surface area contributed by atoms with Gasteiger partial charge < -0.3 is 0 Å². The molecule has 1 nitrogen and oxygen atoms in total. The Kier molecular flexibility index (Phi) is 3.03. The van der Waals surface area contributed by atoms with Crippen LogP contribution >= 0.6 is 0 Å². The number of benzene rings is 1. The molecule has 0 aliphatic heterocycles. The summed E-state index contributed by atoms with van der Waals surface area (Å²) in [5.74, 6) is 0.602. The van der Waals surface area contributed by atoms with Crippen LogP contribution in [0.15, 0.2) is 29.3 Å². The van der Waals surface area contributed by atoms with Crippen LogP contribution in [0, 0.1) is 0 Å². The molecule has 0 aromatic heterocycles. The zero-order valence-electron chi connectivity index (χ0n) is 7.91. The Morgan fingerprint density at radius 1 is 1.17 bits per heavy atom. The van der Waals surface area contributed by atoms with Crippen LogP contribution in [0.3, 0.4) is 0 Å². The Balaban J connectivity index is 2.85. The molecule has 0 spiro atoms. The quantitative estimate of drug-likeness (QED) is 0.588. The van der Waals surface area contributed by atoms with Gasteiger partial charge in [0.05, 0.1) is 5.69 Å². The maximum atomic E-state index is 4.18. The second kappa shape index (κ2) is 4.05. The molecule has 1 aromatic carbocycles. The molecule has 12 heavy (non-hydrogen) atoms. The third kappa shape index (κ3) is 2.19. The molecule has 0 aliphatic rings. The number of aliphatic imine (C=N–C) groups is 1. The molecule has 0 heterocycles. The second-order valence-electron chi connectivity index (χ2n) is 3.13. The Labute approximate surface area is 74.2 Å². The highest BCUT2D eigenvalue weighted by Crippen LogP contribution is 2.18. The molecule has 1 rings (SSSR count). The van der Waals surface area contributed by atoms with Gasteiger partial charge in [-0.25, -0.2) is 0 Å². The van der Waals surface area contributed by atoms with Crippen molar-refractivity contribution in [1.82, 2.24) is 0 Å². The van der Waals surface area contributed by atoms with Crippen LogP contribution in [0.5, 0.6) is 0 Å². The number of hydrogen-bond acceptors (Lipinski definition) is 1. The summed E-state index contributed by atoms with van der Waals surface area (Å²) in [6, 6.07) is 8.37. The SMILES string of the molecule is CC=Nc1ccc(C(C)C)cc1. The lowest BCUT2D eigenvalue weighted by molar-refractivity contribution is 0.867. The molecular weight excluding hydrogens is 146 g/mol. The van der Waals surface area contributed by atoms with Crippen molar-refractivity contribution >= 4 is 11.9 Å². The zero-order valence-corrected chi connectivity index (χ0v) is 7.91. The van der Waals surface area contributed by atoms with Gasteiger partial charge in [0, 0.05) is 6.21 Å². The molecule has 0 radical (unpaired) electrons. The van der Waals surface area contributed by atoms with E-state index in [2.05, 4.69) is 43.1 Å². The average Bonchev–Trinajstić information content (AvgIpc) is 2.06. The summed E-state index contributed by atoms with van der Waals surface area (Å²) in [6.07, 6.45) is 1.81. The molecule has 0 saturated heterocycles. The van der Waals surface area contributed by atoms with Crippen LogP contribution in [-0.2, 0) is 0 Å². The first-order valence-corrected chi connectivity index (χ1v) is 4.32. The van der Waals surface area contributed by atoms with Crippen molar-refractivity contribution in [2.24, 2.45) is 4.99 Å². The summed E-state index contributed by atoms with van der Waals surface area (Å²) >= 11 is 0. The minimum atomic E-state index is 0.602. The molecule has 0 saturated carbocycles. The minimum Gasteiger partial charge on any atom is -0.262 e. The van der Waals surface area contributed by atoms with E-state index in [0.717, 1.165) is 5.69 Å². The van der Waals surface area contributed by atoms with Crippen LogP contribution in [0.25, 0.3) is 0 Å². The molecule has 1 aromatic rings. The van der Waals surface area contributed by atoms with Crippen LogP contribution in [-0.4, -0.2) is 6.21 Å². The predicted octanol–water partition coefficient (Wildman–Crippen LogP) is 3.53. The fourth-order valence-corrected chi connectivity index (χ4v) is 1.09. The molecule has 0 atom stereocenters. The summed E-state index contributed by atoms with van der Waals surface area (Å²) in [4.78, 5) is 4.18. The first kappa shape index (κ1) is 8.98. The van der Waals surface area contributed by atoms with Gasteiger partial charge in [-0.1, -0.05) is 26.0 Å². The molecule has 0 fully saturated rings. The molecule has 0 N–H and O–H groups in total. The van der Waals surface area contributed by atoms with Crippen molar-refractivity contribution in [3.05, 3.63) is 29.8 Å². The standard InChI is InChI=1S/C11H15N/c1-4-12-11-7-5-10(6-8-11)9(2)3/h4-9H,1-3H3. The van der Waals surface area contributed by atoms with E-state index >= 15 is 0 Å². The zero-order chi connectivity index (χ0) is 8.97. The molecule has 0 aliphatic carbocycles. The Hall–Kier alpha value is -1.11. The Morgan fingerprint density at radius 3 is 2.17 bits per heavy atom. The van der Waals surface area contributed by atoms with Crippen molar-refractivity contribution < 1.29 is 0 Å². The van der Waals surface area contributed by atoms with Crippen molar-refractivity contribution in [2.45, 2.75) is 26.7 Å². The monoisotopic (exact) mass is 161 g/mol. The lowest BCUT2D eigenvalue weighted by Gasteiger charge is -2.03. The summed E-state index contributed by atoms with van der Waals surface area (Å²) in [5, 5.41) is 0. The second-order valence-corrected chi connectivity index (χ2v) is 3.13. The first-order chi connectivity index (χ1) is 5.74. The van der Waals surface area contributed by atoms with E-state index in [1.165, 1.54) is 5.56 Å². The van der Waals surface area contributed by atoms with Gasteiger partial charge in [-0.15, -0.1) is 0 Å². The molecule has 0 unspecified atom stereocenters. The molecule has 64 valence electrons. The molecule has 1 heteroatoms. The van der Waals surface area contributed by atoms with Gasteiger partial charge in [0.15, 0.2) is 0 Å². The lowest BCUT2D eigenvalue weighted by Crippen LogP contribution is -1.84. The maximum absolute atomic E-state index is 4.18. The maximum Gasteiger partial charge on any atom is 0.0625 e. The third-order valence-electron chi connectivity index (χ3n) is 1.84. The van der Waals surface area contributed by atoms with Gasteiger partial charge in [0.1, 0.15) is 0 Å². The van der Waals surface area contributed by atoms with Crippen molar-refractivity contribution in [3.8, 4) is 0 Å². The summed E-state index contributed by atoms with van der Waals surface area (Å²) in [6.45, 7) is 6.31. The summed E-state index contributed by atoms with van der Waals surface area (Å²) in [5.41, 5.74) is 2.40. The van der Waals surface area contributed by atoms with Crippen LogP contribution in [0.1, 0.15) is 32.3 Å². The van der Waals surface area contributed by atoms with Gasteiger partial charge in [-0.05, 0) is 30.5 Å². The largest absolute Gasteiger partial charge is 0.262 e. The van der Waals surface area contributed by atoms with Gasteiger partial charge >= 0.3 is 0 Å². The summed E-state index contributed by atoms with van der Waals surface area (Å²) < 4.78 is 0. The number of hydrogen-bond donors (Lipinski definition) is 0. The highest BCUT2D eigenvalue weighted by molar-refractivity contribution is 5.60. The van der Waals surface area contributed by atoms with Crippen LogP contribution < -0.4 is 0 Å². The van der Waals surface area contributed by atoms with Crippen LogP contribution in [0.4, 0.5) is 5.69 Å². The van der Waals surface area contributed by atoms with Gasteiger partial charge in [-0.2, -0.15) is 0 Å². The molecular formula is C11H15N. The van der Waals surface area contributed by atoms with E-state index in [0.29, 0.717) is 5.92 Å². The van der Waals surface area contributed by atoms with Gasteiger partial charge in [-0.3, -0.25) is 4.99 Å². The average molecular weight is 161 g/mol. The highest BCUT2D eigenvalue weighted by Gasteiger charge is 1.96. The van der Waals surface area contributed by atoms with E-state index in [1.54, 1.807) is 0 Å². The highest BCUT2D eigenvalue weighted by atomic mass is 14.7. The van der Waals surface area contributed by atoms with E-state index in [-0.39, 0.29) is 0 Å². The van der Waals surface area contributed by atoms with Gasteiger partial charge in [0.2, 0.25) is 0 Å². The fraction of sp³-hybridized carbons (Fsp3) is 0.364. The van der Waals surface area contributed by atoms with Gasteiger partial charge in [0.25, 0.3) is 0 Å². The van der Waals surface area contributed by atoms with Crippen LogP contribution in [0.2, 0.25) is 0 Å². The minimum absolute atomic E-state index is 0.602. The van der Waals surface area contributed by atoms with E-state index in [4.69, 9.17) is 0 Å². The Bertz CT molecular complexity index is 257. The lowest BCUT2D eigenvalue weighted by atomic mass is 10.0. The van der Waals surface area contributed by atoms with Crippen molar-refractivity contribution in [1.29, 1.82) is 0 Å². The smallest absolute Gasteiger partial charge is 0.0625 e. The fourth-order valence-electron chi connectivity index (χ4n) is 1.09. The van der Waals surface area contributed by atoms with Crippen molar-refractivity contribution in [3.63, 3.8) is 0 Å². The van der Waals surface area contributed by atoms with Crippen molar-refractivity contribution in [2.75, 3.05) is 0 Å². The van der Waals surface area contributed by atoms with E-state index < -0.39 is 0 Å². The number of rotatable bonds is 2. The van der Waals surface area contributed by atoms with E-state index in [9.17, 15) is 0 Å². The Morgan fingerprint density at radius 2 is 1.75 bits per heavy atom. The number of nitrogens with zero attached hydrogens (tertiary/aromatic N) is 1. The normalized spacial score (nSPS) is 11.3. The topological polar surface area (TPSA) is 12.4 Å². The summed E-state index contributed by atoms with van der Waals surface area (Å²) in [7, 11) is 0. The molecule has 0 amide bonds. The van der Waals surface area contributed by atoms with E-state index in [1.807, 2.05) is 13.1 Å².